The van der Waals surface area contributed by atoms with Crippen LogP contribution in [-0.2, 0) is 17.9 Å². The molecule has 2 nitrogen and oxygen atoms in total. The number of rotatable bonds is 7. The van der Waals surface area contributed by atoms with Crippen LogP contribution < -0.4 is 5.32 Å². The van der Waals surface area contributed by atoms with Crippen molar-refractivity contribution in [1.29, 1.82) is 0 Å². The molecule has 1 aliphatic rings. The van der Waals surface area contributed by atoms with E-state index in [1.165, 1.54) is 43.2 Å². The summed E-state index contributed by atoms with van der Waals surface area (Å²) in [6, 6.07) is 8.50. The fourth-order valence-corrected chi connectivity index (χ4v) is 2.63. The van der Waals surface area contributed by atoms with Crippen molar-refractivity contribution in [2.24, 2.45) is 0 Å². The molecule has 0 bridgehead atoms. The third-order valence-corrected chi connectivity index (χ3v) is 3.74. The van der Waals surface area contributed by atoms with Crippen LogP contribution in [0.5, 0.6) is 0 Å². The minimum Gasteiger partial charge on any atom is -0.380 e. The lowest BCUT2D eigenvalue weighted by Gasteiger charge is -2.14. The summed E-state index contributed by atoms with van der Waals surface area (Å²) < 4.78 is 5.23. The van der Waals surface area contributed by atoms with E-state index in [1.54, 1.807) is 12.7 Å². The molecular formula is C17H25NO. The molecule has 1 N–H and O–H groups in total. The van der Waals surface area contributed by atoms with Crippen LogP contribution in [0.15, 0.2) is 35.9 Å². The smallest absolute Gasteiger partial charge is 0.0716 e. The number of hydrogen-bond acceptors (Lipinski definition) is 2. The first-order valence-electron chi connectivity index (χ1n) is 7.34. The van der Waals surface area contributed by atoms with Gasteiger partial charge in [0.15, 0.2) is 0 Å². The summed E-state index contributed by atoms with van der Waals surface area (Å²) in [6.07, 6.45) is 8.98. The van der Waals surface area contributed by atoms with Crippen LogP contribution in [0.4, 0.5) is 0 Å². The zero-order chi connectivity index (χ0) is 13.3. The van der Waals surface area contributed by atoms with Crippen LogP contribution in [0, 0.1) is 0 Å². The van der Waals surface area contributed by atoms with Crippen LogP contribution in [-0.4, -0.2) is 13.7 Å². The van der Waals surface area contributed by atoms with Gasteiger partial charge in [-0.25, -0.2) is 0 Å². The van der Waals surface area contributed by atoms with Crippen molar-refractivity contribution in [3.63, 3.8) is 0 Å². The molecule has 0 saturated heterocycles. The van der Waals surface area contributed by atoms with E-state index in [4.69, 9.17) is 4.74 Å². The van der Waals surface area contributed by atoms with Crippen LogP contribution in [0.3, 0.4) is 0 Å². The van der Waals surface area contributed by atoms with Gasteiger partial charge in [0.2, 0.25) is 0 Å². The molecule has 2 heteroatoms. The normalized spacial score (nSPS) is 15.3. The summed E-state index contributed by atoms with van der Waals surface area (Å²) in [5, 5.41) is 3.55. The zero-order valence-corrected chi connectivity index (χ0v) is 12.0. The van der Waals surface area contributed by atoms with Gasteiger partial charge in [-0.15, -0.1) is 0 Å². The summed E-state index contributed by atoms with van der Waals surface area (Å²) in [6.45, 7) is 2.71. The molecule has 0 unspecified atom stereocenters. The van der Waals surface area contributed by atoms with Gasteiger partial charge in [-0.1, -0.05) is 35.9 Å². The van der Waals surface area contributed by atoms with Gasteiger partial charge < -0.3 is 10.1 Å². The Morgan fingerprint density at radius 2 is 2.00 bits per heavy atom. The maximum atomic E-state index is 5.23. The number of nitrogens with one attached hydrogen (secondary N) is 1. The number of hydrogen-bond donors (Lipinski definition) is 1. The van der Waals surface area contributed by atoms with Gasteiger partial charge in [0.1, 0.15) is 0 Å². The van der Waals surface area contributed by atoms with Crippen molar-refractivity contribution >= 4 is 0 Å². The molecule has 0 fully saturated rings. The number of methoxy groups -OCH3 is 1. The van der Waals surface area contributed by atoms with E-state index in [0.29, 0.717) is 6.61 Å². The molecule has 0 aromatic heterocycles. The van der Waals surface area contributed by atoms with Crippen molar-refractivity contribution in [2.75, 3.05) is 13.7 Å². The van der Waals surface area contributed by atoms with Gasteiger partial charge >= 0.3 is 0 Å². The molecule has 104 valence electrons. The Labute approximate surface area is 116 Å². The van der Waals surface area contributed by atoms with Gasteiger partial charge in [0.25, 0.3) is 0 Å². The van der Waals surface area contributed by atoms with Crippen LogP contribution >= 0.6 is 0 Å². The maximum Gasteiger partial charge on any atom is 0.0716 e. The van der Waals surface area contributed by atoms with E-state index in [-0.39, 0.29) is 0 Å². The summed E-state index contributed by atoms with van der Waals surface area (Å²) in [5.74, 6) is 0. The Morgan fingerprint density at radius 3 is 2.74 bits per heavy atom. The molecule has 0 heterocycles. The Kier molecular flexibility index (Phi) is 6.12. The molecule has 1 aliphatic carbocycles. The van der Waals surface area contributed by atoms with E-state index >= 15 is 0 Å². The Balaban J connectivity index is 1.74. The van der Waals surface area contributed by atoms with Crippen LogP contribution in [0.25, 0.3) is 0 Å². The third kappa shape index (κ3) is 4.81. The van der Waals surface area contributed by atoms with E-state index in [1.807, 2.05) is 0 Å². The highest BCUT2D eigenvalue weighted by Gasteiger charge is 2.04. The molecule has 0 radical (unpaired) electrons. The lowest BCUT2D eigenvalue weighted by Crippen LogP contribution is -2.16. The average molecular weight is 259 g/mol. The van der Waals surface area contributed by atoms with Crippen molar-refractivity contribution in [1.82, 2.24) is 5.32 Å². The summed E-state index contributed by atoms with van der Waals surface area (Å²) in [5.41, 5.74) is 4.28. The van der Waals surface area contributed by atoms with Crippen molar-refractivity contribution in [2.45, 2.75) is 45.3 Å². The zero-order valence-electron chi connectivity index (χ0n) is 12.0. The number of allylic oxidation sites excluding steroid dienone is 1. The monoisotopic (exact) mass is 259 g/mol. The highest BCUT2D eigenvalue weighted by Crippen LogP contribution is 2.19. The number of benzene rings is 1. The van der Waals surface area contributed by atoms with Gasteiger partial charge in [-0.3, -0.25) is 0 Å². The third-order valence-electron chi connectivity index (χ3n) is 3.74. The quantitative estimate of drug-likeness (QED) is 0.594. The Morgan fingerprint density at radius 1 is 1.16 bits per heavy atom. The van der Waals surface area contributed by atoms with Crippen molar-refractivity contribution in [3.05, 3.63) is 47.0 Å². The van der Waals surface area contributed by atoms with Crippen LogP contribution in [0.1, 0.15) is 43.2 Å². The minimum atomic E-state index is 0.697. The molecule has 19 heavy (non-hydrogen) atoms. The molecule has 0 saturated carbocycles. The predicted octanol–water partition coefficient (Wildman–Crippen LogP) is 3.81. The summed E-state index contributed by atoms with van der Waals surface area (Å²) in [4.78, 5) is 0. The topological polar surface area (TPSA) is 21.3 Å². The second-order valence-electron chi connectivity index (χ2n) is 5.24. The van der Waals surface area contributed by atoms with Crippen molar-refractivity contribution < 1.29 is 4.74 Å². The molecule has 1 aromatic rings. The molecular weight excluding hydrogens is 234 g/mol. The lowest BCUT2D eigenvalue weighted by molar-refractivity contribution is 0.184. The lowest BCUT2D eigenvalue weighted by atomic mass is 9.97. The fraction of sp³-hybridized carbons (Fsp3) is 0.529. The Hall–Kier alpha value is -1.12. The molecule has 0 amide bonds. The molecule has 1 aromatic carbocycles. The van der Waals surface area contributed by atoms with Gasteiger partial charge in [0, 0.05) is 13.7 Å². The first kappa shape index (κ1) is 14.3. The van der Waals surface area contributed by atoms with Crippen LogP contribution in [0.2, 0.25) is 0 Å². The Bertz CT molecular complexity index is 411. The highest BCUT2D eigenvalue weighted by molar-refractivity contribution is 5.26. The first-order chi connectivity index (χ1) is 9.40. The minimum absolute atomic E-state index is 0.697. The summed E-state index contributed by atoms with van der Waals surface area (Å²) >= 11 is 0. The predicted molar refractivity (Wildman–Crippen MR) is 80.0 cm³/mol. The molecule has 2 rings (SSSR count). The molecule has 0 spiro atoms. The molecule has 0 atom stereocenters. The van der Waals surface area contributed by atoms with Crippen molar-refractivity contribution in [3.8, 4) is 0 Å². The largest absolute Gasteiger partial charge is 0.380 e. The van der Waals surface area contributed by atoms with Gasteiger partial charge in [-0.2, -0.15) is 0 Å². The first-order valence-corrected chi connectivity index (χ1v) is 7.34. The summed E-state index contributed by atoms with van der Waals surface area (Å²) in [7, 11) is 1.75. The maximum absolute atomic E-state index is 5.23. The number of ether oxygens (including phenoxy) is 1. The average Bonchev–Trinajstić information content (AvgIpc) is 2.47. The fourth-order valence-electron chi connectivity index (χ4n) is 2.63. The van der Waals surface area contributed by atoms with Gasteiger partial charge in [0.05, 0.1) is 6.61 Å². The second-order valence-corrected chi connectivity index (χ2v) is 5.24. The second kappa shape index (κ2) is 8.13. The van der Waals surface area contributed by atoms with E-state index in [0.717, 1.165) is 13.1 Å². The SMILES string of the molecule is COCc1ccccc1CNCCC1=CCCCC1. The van der Waals surface area contributed by atoms with Gasteiger partial charge in [-0.05, 0) is 49.8 Å². The van der Waals surface area contributed by atoms with E-state index < -0.39 is 0 Å². The molecule has 0 aliphatic heterocycles. The van der Waals surface area contributed by atoms with E-state index in [2.05, 4.69) is 35.7 Å². The highest BCUT2D eigenvalue weighted by atomic mass is 16.5. The van der Waals surface area contributed by atoms with E-state index in [9.17, 15) is 0 Å². The standard InChI is InChI=1S/C17H25NO/c1-19-14-17-10-6-5-9-16(17)13-18-12-11-15-7-3-2-4-8-15/h5-7,9-10,18H,2-4,8,11-14H2,1H3.